The van der Waals surface area contributed by atoms with Gasteiger partial charge in [-0.25, -0.2) is 0 Å². The topological polar surface area (TPSA) is 56.6 Å². The summed E-state index contributed by atoms with van der Waals surface area (Å²) in [5.41, 5.74) is 1.24. The van der Waals surface area contributed by atoms with Crippen LogP contribution in [0.4, 0.5) is 0 Å². The highest BCUT2D eigenvalue weighted by molar-refractivity contribution is 5.85. The molecular weight excluding hydrogens is 278 g/mol. The molecule has 116 valence electrons. The maximum Gasteiger partial charge on any atom is 0.254 e. The Balaban J connectivity index is 1.62. The van der Waals surface area contributed by atoms with E-state index in [4.69, 9.17) is 10.00 Å². The molecule has 1 aromatic carbocycles. The van der Waals surface area contributed by atoms with Gasteiger partial charge >= 0.3 is 0 Å². The average Bonchev–Trinajstić information content (AvgIpc) is 2.55. The molecule has 2 fully saturated rings. The van der Waals surface area contributed by atoms with Crippen molar-refractivity contribution in [2.24, 2.45) is 0 Å². The predicted octanol–water partition coefficient (Wildman–Crippen LogP) is 1.38. The number of carbonyl (C=O) groups excluding carboxylic acids is 1. The second-order valence-electron chi connectivity index (χ2n) is 6.16. The molecule has 2 saturated heterocycles. The maximum atomic E-state index is 12.4. The van der Waals surface area contributed by atoms with Crippen molar-refractivity contribution in [2.45, 2.75) is 25.0 Å². The van der Waals surface area contributed by atoms with E-state index in [1.807, 2.05) is 31.3 Å². The Morgan fingerprint density at radius 2 is 2.09 bits per heavy atom. The van der Waals surface area contributed by atoms with Gasteiger partial charge in [0.25, 0.3) is 5.91 Å². The molecule has 0 unspecified atom stereocenters. The molecule has 5 heteroatoms. The number of nitrogens with zero attached hydrogens (tertiary/aromatic N) is 3. The van der Waals surface area contributed by atoms with E-state index < -0.39 is 5.60 Å². The number of likely N-dealkylation sites (N-methyl/N-ethyl adjacent to an activating group) is 1. The lowest BCUT2D eigenvalue weighted by Gasteiger charge is -2.45. The van der Waals surface area contributed by atoms with E-state index in [2.05, 4.69) is 11.0 Å². The lowest BCUT2D eigenvalue weighted by molar-refractivity contribution is -0.177. The molecule has 0 saturated carbocycles. The van der Waals surface area contributed by atoms with Crippen LogP contribution in [0.2, 0.25) is 0 Å². The largest absolute Gasteiger partial charge is 0.363 e. The minimum absolute atomic E-state index is 0.130. The second-order valence-corrected chi connectivity index (χ2v) is 6.16. The summed E-state index contributed by atoms with van der Waals surface area (Å²) in [6.07, 6.45) is 1.49. The van der Waals surface area contributed by atoms with Crippen LogP contribution < -0.4 is 0 Å². The van der Waals surface area contributed by atoms with Crippen molar-refractivity contribution >= 4 is 5.91 Å². The van der Waals surface area contributed by atoms with Crippen LogP contribution in [0.1, 0.15) is 24.0 Å². The first-order valence-corrected chi connectivity index (χ1v) is 7.74. The maximum absolute atomic E-state index is 12.4. The zero-order chi connectivity index (χ0) is 15.6. The second kappa shape index (κ2) is 6.07. The number of piperidine rings is 1. The zero-order valence-corrected chi connectivity index (χ0v) is 12.9. The van der Waals surface area contributed by atoms with Gasteiger partial charge < -0.3 is 9.64 Å². The molecule has 5 nitrogen and oxygen atoms in total. The number of morpholine rings is 1. The Hall–Kier alpha value is -1.90. The van der Waals surface area contributed by atoms with Crippen molar-refractivity contribution < 1.29 is 9.53 Å². The van der Waals surface area contributed by atoms with Crippen LogP contribution >= 0.6 is 0 Å². The van der Waals surface area contributed by atoms with Gasteiger partial charge in [-0.3, -0.25) is 9.69 Å². The van der Waals surface area contributed by atoms with Crippen molar-refractivity contribution in [3.8, 4) is 6.07 Å². The molecule has 0 N–H and O–H groups in total. The fourth-order valence-corrected chi connectivity index (χ4v) is 3.32. The van der Waals surface area contributed by atoms with Gasteiger partial charge in [-0.15, -0.1) is 0 Å². The standard InChI is InChI=1S/C17H21N3O2/c1-19-9-10-22-17(16(19)21)5-7-20(8-6-17)13-15-4-2-3-14(11-15)12-18/h2-4,11H,5-10,13H2,1H3. The molecule has 1 amide bonds. The number of ether oxygens (including phenoxy) is 1. The van der Waals surface area contributed by atoms with E-state index >= 15 is 0 Å². The number of nitriles is 1. The van der Waals surface area contributed by atoms with Gasteiger partial charge in [-0.05, 0) is 30.5 Å². The Kier molecular flexibility index (Phi) is 4.14. The predicted molar refractivity (Wildman–Crippen MR) is 82.0 cm³/mol. The van der Waals surface area contributed by atoms with Crippen LogP contribution in [0.25, 0.3) is 0 Å². The molecule has 2 aliphatic heterocycles. The first-order valence-electron chi connectivity index (χ1n) is 7.74. The zero-order valence-electron chi connectivity index (χ0n) is 12.9. The van der Waals surface area contributed by atoms with E-state index in [9.17, 15) is 4.79 Å². The Labute approximate surface area is 131 Å². The molecule has 0 radical (unpaired) electrons. The summed E-state index contributed by atoms with van der Waals surface area (Å²) in [5.74, 6) is 0.130. The van der Waals surface area contributed by atoms with E-state index in [1.54, 1.807) is 4.90 Å². The number of benzene rings is 1. The van der Waals surface area contributed by atoms with Crippen molar-refractivity contribution in [3.63, 3.8) is 0 Å². The number of likely N-dealkylation sites (tertiary alicyclic amines) is 1. The Bertz CT molecular complexity index is 600. The molecule has 2 aliphatic rings. The normalized spacial score (nSPS) is 21.8. The van der Waals surface area contributed by atoms with Gasteiger partial charge in [0.05, 0.1) is 18.2 Å². The number of amides is 1. The summed E-state index contributed by atoms with van der Waals surface area (Å²) in [4.78, 5) is 16.5. The lowest BCUT2D eigenvalue weighted by atomic mass is 9.88. The quantitative estimate of drug-likeness (QED) is 0.828. The first-order chi connectivity index (χ1) is 10.6. The van der Waals surface area contributed by atoms with Crippen molar-refractivity contribution in [1.29, 1.82) is 5.26 Å². The van der Waals surface area contributed by atoms with E-state index in [1.165, 1.54) is 0 Å². The van der Waals surface area contributed by atoms with Crippen molar-refractivity contribution in [3.05, 3.63) is 35.4 Å². The molecule has 0 aliphatic carbocycles. The lowest BCUT2D eigenvalue weighted by Crippen LogP contribution is -2.59. The highest BCUT2D eigenvalue weighted by Gasteiger charge is 2.46. The van der Waals surface area contributed by atoms with Gasteiger partial charge in [-0.2, -0.15) is 5.26 Å². The van der Waals surface area contributed by atoms with Gasteiger partial charge in [0.1, 0.15) is 5.60 Å². The molecule has 2 heterocycles. The molecule has 1 spiro atoms. The van der Waals surface area contributed by atoms with Gasteiger partial charge in [0, 0.05) is 33.2 Å². The monoisotopic (exact) mass is 299 g/mol. The number of hydrogen-bond acceptors (Lipinski definition) is 4. The number of carbonyl (C=O) groups is 1. The van der Waals surface area contributed by atoms with Crippen LogP contribution in [0.5, 0.6) is 0 Å². The number of hydrogen-bond donors (Lipinski definition) is 0. The van der Waals surface area contributed by atoms with Gasteiger partial charge in [0.2, 0.25) is 0 Å². The SMILES string of the molecule is CN1CCOC2(CCN(Cc3cccc(C#N)c3)CC2)C1=O. The van der Waals surface area contributed by atoms with E-state index in [0.717, 1.165) is 38.0 Å². The van der Waals surface area contributed by atoms with Crippen LogP contribution in [0.15, 0.2) is 24.3 Å². The fraction of sp³-hybridized carbons (Fsp3) is 0.529. The highest BCUT2D eigenvalue weighted by atomic mass is 16.5. The van der Waals surface area contributed by atoms with Gasteiger partial charge in [0.15, 0.2) is 0 Å². The van der Waals surface area contributed by atoms with E-state index in [-0.39, 0.29) is 5.91 Å². The summed E-state index contributed by atoms with van der Waals surface area (Å²) in [7, 11) is 1.85. The molecule has 22 heavy (non-hydrogen) atoms. The third-order valence-electron chi connectivity index (χ3n) is 4.67. The van der Waals surface area contributed by atoms with Gasteiger partial charge in [-0.1, -0.05) is 12.1 Å². The Morgan fingerprint density at radius 1 is 1.32 bits per heavy atom. The summed E-state index contributed by atoms with van der Waals surface area (Å²) in [6.45, 7) is 3.82. The molecule has 0 atom stereocenters. The third kappa shape index (κ3) is 2.85. The molecule has 0 bridgehead atoms. The minimum atomic E-state index is -0.599. The smallest absolute Gasteiger partial charge is 0.254 e. The first kappa shape index (κ1) is 15.0. The van der Waals surface area contributed by atoms with Crippen LogP contribution in [-0.2, 0) is 16.1 Å². The summed E-state index contributed by atoms with van der Waals surface area (Å²) in [5, 5.41) is 8.97. The third-order valence-corrected chi connectivity index (χ3v) is 4.67. The summed E-state index contributed by atoms with van der Waals surface area (Å²) >= 11 is 0. The summed E-state index contributed by atoms with van der Waals surface area (Å²) < 4.78 is 5.86. The fourth-order valence-electron chi connectivity index (χ4n) is 3.32. The molecule has 0 aromatic heterocycles. The Morgan fingerprint density at radius 3 is 2.82 bits per heavy atom. The van der Waals surface area contributed by atoms with Crippen molar-refractivity contribution in [1.82, 2.24) is 9.80 Å². The van der Waals surface area contributed by atoms with Crippen LogP contribution in [-0.4, -0.2) is 54.6 Å². The average molecular weight is 299 g/mol. The molecule has 3 rings (SSSR count). The minimum Gasteiger partial charge on any atom is -0.363 e. The number of rotatable bonds is 2. The van der Waals surface area contributed by atoms with Crippen LogP contribution in [0.3, 0.4) is 0 Å². The highest BCUT2D eigenvalue weighted by Crippen LogP contribution is 2.31. The summed E-state index contributed by atoms with van der Waals surface area (Å²) in [6, 6.07) is 9.88. The van der Waals surface area contributed by atoms with Crippen LogP contribution in [0, 0.1) is 11.3 Å². The van der Waals surface area contributed by atoms with Crippen molar-refractivity contribution in [2.75, 3.05) is 33.3 Å². The molecule has 1 aromatic rings. The molecular formula is C17H21N3O2. The van der Waals surface area contributed by atoms with E-state index in [0.29, 0.717) is 18.7 Å².